The summed E-state index contributed by atoms with van der Waals surface area (Å²) in [6.07, 6.45) is 8.76. The van der Waals surface area contributed by atoms with Crippen LogP contribution in [0, 0.1) is 0 Å². The predicted molar refractivity (Wildman–Crippen MR) is 224 cm³/mol. The summed E-state index contributed by atoms with van der Waals surface area (Å²) in [5.74, 6) is -0.650. The number of ether oxygens (including phenoxy) is 2. The van der Waals surface area contributed by atoms with E-state index in [1.807, 2.05) is 63.2 Å². The highest BCUT2D eigenvalue weighted by Gasteiger charge is 2.40. The maximum atomic E-state index is 13.7. The molecule has 1 aromatic heterocycles. The molecular weight excluding hydrogens is 747 g/mol. The Morgan fingerprint density at radius 3 is 2.25 bits per heavy atom. The lowest BCUT2D eigenvalue weighted by Crippen LogP contribution is -2.46. The molecule has 1 atom stereocenters. The van der Waals surface area contributed by atoms with Crippen LogP contribution in [0.4, 0.5) is 4.79 Å². The van der Waals surface area contributed by atoms with E-state index in [0.717, 1.165) is 54.4 Å². The average molecular weight is 810 g/mol. The van der Waals surface area contributed by atoms with Gasteiger partial charge in [-0.25, -0.2) is 17.9 Å². The van der Waals surface area contributed by atoms with E-state index in [2.05, 4.69) is 43.6 Å². The molecule has 0 saturated heterocycles. The van der Waals surface area contributed by atoms with Crippen molar-refractivity contribution < 1.29 is 37.0 Å². The van der Waals surface area contributed by atoms with Gasteiger partial charge in [0, 0.05) is 25.5 Å². The van der Waals surface area contributed by atoms with Crippen LogP contribution >= 0.6 is 0 Å². The number of pyridine rings is 1. The topological polar surface area (TPSA) is 144 Å². The van der Waals surface area contributed by atoms with E-state index in [0.29, 0.717) is 31.7 Å². The molecule has 1 heterocycles. The molecule has 11 nitrogen and oxygen atoms in total. The van der Waals surface area contributed by atoms with Gasteiger partial charge in [0.15, 0.2) is 8.32 Å². The highest BCUT2D eigenvalue weighted by atomic mass is 32.2. The summed E-state index contributed by atoms with van der Waals surface area (Å²) in [4.78, 5) is 33.1. The van der Waals surface area contributed by atoms with Gasteiger partial charge >= 0.3 is 6.09 Å². The summed E-state index contributed by atoms with van der Waals surface area (Å²) >= 11 is 0. The first-order valence-corrected chi connectivity index (χ1v) is 24.4. The number of unbranched alkanes of at least 4 members (excludes halogenated alkanes) is 1. The van der Waals surface area contributed by atoms with Gasteiger partial charge in [0.2, 0.25) is 10.0 Å². The van der Waals surface area contributed by atoms with Gasteiger partial charge in [0.25, 0.3) is 5.91 Å². The standard InChI is InChI=1S/C43H63N3O8SSi/c1-42(2,3)53-41(49)46(31-39(35-15-14-25-44-30-35)54-56(7,8)43(4,5)6)26-24-32-18-20-33(21-19-32)34-22-23-37(38(29-34)52-36-16-10-9-11-17-36)40(48)45-55(50,51)28-13-12-27-47/h14-15,18-23,25,29-30,36,39,47H,9-13,16-17,24,26-28,31H2,1-8H3,(H,45,48)/t39-/m0/s1. The number of hydrogen-bond acceptors (Lipinski definition) is 9. The van der Waals surface area contributed by atoms with E-state index in [9.17, 15) is 18.0 Å². The maximum Gasteiger partial charge on any atom is 0.410 e. The van der Waals surface area contributed by atoms with Crippen molar-refractivity contribution in [2.45, 2.75) is 129 Å². The first kappa shape index (κ1) is 44.9. The second-order valence-electron chi connectivity index (χ2n) is 17.3. The fraction of sp³-hybridized carbons (Fsp3) is 0.558. The first-order chi connectivity index (χ1) is 26.3. The lowest BCUT2D eigenvalue weighted by Gasteiger charge is -2.40. The summed E-state index contributed by atoms with van der Waals surface area (Å²) in [5, 5.41) is 9.01. The van der Waals surface area contributed by atoms with E-state index in [-0.39, 0.29) is 41.6 Å². The average Bonchev–Trinajstić information content (AvgIpc) is 3.12. The fourth-order valence-corrected chi connectivity index (χ4v) is 8.58. The Morgan fingerprint density at radius 2 is 1.64 bits per heavy atom. The van der Waals surface area contributed by atoms with Gasteiger partial charge in [-0.2, -0.15) is 0 Å². The number of sulfonamides is 1. The molecule has 3 aromatic rings. The second kappa shape index (κ2) is 19.6. The summed E-state index contributed by atoms with van der Waals surface area (Å²) in [6.45, 7) is 17.2. The molecule has 0 unspecified atom stereocenters. The van der Waals surface area contributed by atoms with Gasteiger partial charge < -0.3 is 23.9 Å². The second-order valence-corrected chi connectivity index (χ2v) is 23.9. The molecule has 2 aromatic carbocycles. The van der Waals surface area contributed by atoms with E-state index in [1.54, 1.807) is 29.4 Å². The lowest BCUT2D eigenvalue weighted by molar-refractivity contribution is 0.0158. The molecule has 2 amide bonds. The van der Waals surface area contributed by atoms with Crippen molar-refractivity contribution in [3.05, 3.63) is 83.7 Å². The van der Waals surface area contributed by atoms with Gasteiger partial charge in [-0.15, -0.1) is 0 Å². The van der Waals surface area contributed by atoms with Crippen molar-refractivity contribution in [1.82, 2.24) is 14.6 Å². The van der Waals surface area contributed by atoms with Crippen molar-refractivity contribution in [3.63, 3.8) is 0 Å². The van der Waals surface area contributed by atoms with E-state index < -0.39 is 35.9 Å². The molecule has 4 rings (SSSR count). The van der Waals surface area contributed by atoms with Crippen LogP contribution in [0.15, 0.2) is 67.0 Å². The van der Waals surface area contributed by atoms with Crippen molar-refractivity contribution >= 4 is 30.3 Å². The Morgan fingerprint density at radius 1 is 0.964 bits per heavy atom. The number of carbonyl (C=O) groups is 2. The molecule has 2 N–H and O–H groups in total. The SMILES string of the molecule is CC(C)(C)OC(=O)N(CCc1ccc(-c2ccc(C(=O)NS(=O)(=O)CCCCO)c(OC3CCCCC3)c2)cc1)C[C@H](O[Si](C)(C)C(C)(C)C)c1cccnc1. The van der Waals surface area contributed by atoms with E-state index in [4.69, 9.17) is 19.0 Å². The Bertz CT molecular complexity index is 1840. The number of rotatable bonds is 17. The van der Waals surface area contributed by atoms with Crippen molar-refractivity contribution in [2.24, 2.45) is 0 Å². The Hall–Kier alpha value is -3.78. The van der Waals surface area contributed by atoms with Crippen LogP contribution in [0.5, 0.6) is 5.75 Å². The molecule has 56 heavy (non-hydrogen) atoms. The fourth-order valence-electron chi connectivity index (χ4n) is 6.22. The Kier molecular flexibility index (Phi) is 15.7. The summed E-state index contributed by atoms with van der Waals surface area (Å²) in [6, 6.07) is 17.1. The van der Waals surface area contributed by atoms with Crippen molar-refractivity contribution in [2.75, 3.05) is 25.4 Å². The summed E-state index contributed by atoms with van der Waals surface area (Å²) in [7, 11) is -6.13. The van der Waals surface area contributed by atoms with Gasteiger partial charge in [0.05, 0.1) is 30.1 Å². The van der Waals surface area contributed by atoms with Crippen LogP contribution in [-0.2, 0) is 25.6 Å². The number of nitrogens with one attached hydrogen (secondary N) is 1. The smallest absolute Gasteiger partial charge is 0.410 e. The maximum absolute atomic E-state index is 13.7. The zero-order valence-corrected chi connectivity index (χ0v) is 36.4. The molecular formula is C43H63N3O8SSi. The zero-order valence-electron chi connectivity index (χ0n) is 34.6. The number of nitrogens with zero attached hydrogens (tertiary/aromatic N) is 2. The highest BCUT2D eigenvalue weighted by Crippen LogP contribution is 2.40. The number of aromatic nitrogens is 1. The molecule has 0 aliphatic heterocycles. The molecule has 0 spiro atoms. The number of amides is 2. The van der Waals surface area contributed by atoms with E-state index >= 15 is 0 Å². The van der Waals surface area contributed by atoms with Crippen LogP contribution in [0.2, 0.25) is 18.1 Å². The van der Waals surface area contributed by atoms with Gasteiger partial charge in [-0.1, -0.05) is 63.6 Å². The Labute approximate surface area is 335 Å². The number of aliphatic hydroxyl groups excluding tert-OH is 1. The molecule has 1 aliphatic carbocycles. The summed E-state index contributed by atoms with van der Waals surface area (Å²) in [5.41, 5.74) is 3.13. The van der Waals surface area contributed by atoms with Crippen LogP contribution in [0.25, 0.3) is 11.1 Å². The normalized spacial score (nSPS) is 14.9. The quantitative estimate of drug-likeness (QED) is 0.101. The number of carbonyl (C=O) groups excluding carboxylic acids is 2. The highest BCUT2D eigenvalue weighted by molar-refractivity contribution is 7.90. The van der Waals surface area contributed by atoms with Crippen LogP contribution < -0.4 is 9.46 Å². The predicted octanol–water partition coefficient (Wildman–Crippen LogP) is 8.83. The number of aliphatic hydroxyl groups is 1. The molecule has 1 aliphatic rings. The van der Waals surface area contributed by atoms with Crippen molar-refractivity contribution in [1.29, 1.82) is 0 Å². The number of benzene rings is 2. The molecule has 1 fully saturated rings. The molecule has 308 valence electrons. The number of hydrogen-bond donors (Lipinski definition) is 2. The third-order valence-corrected chi connectivity index (χ3v) is 16.2. The van der Waals surface area contributed by atoms with Gasteiger partial charge in [-0.05, 0) is 124 Å². The molecule has 13 heteroatoms. The summed E-state index contributed by atoms with van der Waals surface area (Å²) < 4.78 is 46.6. The minimum atomic E-state index is -3.89. The molecule has 0 bridgehead atoms. The third-order valence-electron chi connectivity index (χ3n) is 10.4. The third kappa shape index (κ3) is 13.7. The van der Waals surface area contributed by atoms with Crippen molar-refractivity contribution in [3.8, 4) is 16.9 Å². The molecule has 1 saturated carbocycles. The van der Waals surface area contributed by atoms with Gasteiger partial charge in [-0.3, -0.25) is 9.78 Å². The van der Waals surface area contributed by atoms with Crippen LogP contribution in [0.1, 0.15) is 114 Å². The van der Waals surface area contributed by atoms with Crippen LogP contribution in [-0.4, -0.2) is 80.9 Å². The lowest BCUT2D eigenvalue weighted by atomic mass is 9.97. The van der Waals surface area contributed by atoms with E-state index in [1.165, 1.54) is 0 Å². The molecule has 0 radical (unpaired) electrons. The largest absolute Gasteiger partial charge is 0.490 e. The van der Waals surface area contributed by atoms with Gasteiger partial charge in [0.1, 0.15) is 11.4 Å². The van der Waals surface area contributed by atoms with Crippen LogP contribution in [0.3, 0.4) is 0 Å². The first-order valence-electron chi connectivity index (χ1n) is 19.9. The monoisotopic (exact) mass is 809 g/mol. The minimum Gasteiger partial charge on any atom is -0.490 e. The Balaban J connectivity index is 1.56. The zero-order chi connectivity index (χ0) is 41.1. The minimum absolute atomic E-state index is 0.0387.